The molecule has 2 atom stereocenters. The third-order valence-corrected chi connectivity index (χ3v) is 14.3. The minimum absolute atomic E-state index is 0.0673. The number of halogens is 2. The van der Waals surface area contributed by atoms with Gasteiger partial charge in [0.15, 0.2) is 0 Å². The van der Waals surface area contributed by atoms with Crippen molar-refractivity contribution in [3.63, 3.8) is 0 Å². The van der Waals surface area contributed by atoms with Crippen LogP contribution in [0.5, 0.6) is 11.5 Å². The number of hydrogen-bond donors (Lipinski definition) is 3. The molecule has 0 spiro atoms. The largest absolute Gasteiger partial charge is 0.524 e. The van der Waals surface area contributed by atoms with Gasteiger partial charge in [0.25, 0.3) is 11.8 Å². The number of fused-ring (bicyclic) bond motifs is 6. The third kappa shape index (κ3) is 8.15. The number of amides is 3. The number of nitrogens with zero attached hydrogens (tertiary/aromatic N) is 3. The number of nitrogens with one attached hydrogen (secondary N) is 1. The van der Waals surface area contributed by atoms with Gasteiger partial charge in [-0.1, -0.05) is 65.4 Å². The smallest absolute Gasteiger partial charge is 0.410 e. The number of carbonyl (C=O) groups excluding carboxylic acids is 3. The lowest BCUT2D eigenvalue weighted by Crippen LogP contribution is -2.30. The Bertz CT molecular complexity index is 2610. The van der Waals surface area contributed by atoms with Gasteiger partial charge in [-0.2, -0.15) is 0 Å². The van der Waals surface area contributed by atoms with E-state index in [0.29, 0.717) is 44.7 Å². The van der Waals surface area contributed by atoms with Gasteiger partial charge in [0.05, 0.1) is 21.1 Å². The molecule has 0 unspecified atom stereocenters. The number of thiophene rings is 1. The second kappa shape index (κ2) is 17.1. The Hall–Kier alpha value is -4.31. The molecule has 18 heteroatoms. The molecule has 12 nitrogen and oxygen atoms in total. The Morgan fingerprint density at radius 1 is 0.793 bits per heavy atom. The van der Waals surface area contributed by atoms with E-state index in [1.54, 1.807) is 64.4 Å². The van der Waals surface area contributed by atoms with Crippen LogP contribution >= 0.6 is 63.9 Å². The summed E-state index contributed by atoms with van der Waals surface area (Å²) in [6, 6.07) is 26.5. The zero-order chi connectivity index (χ0) is 40.6. The number of alkyl halides is 2. The quantitative estimate of drug-likeness (QED) is 0.0465. The molecule has 298 valence electrons. The topological polar surface area (TPSA) is 159 Å². The molecule has 4 heterocycles. The van der Waals surface area contributed by atoms with Crippen molar-refractivity contribution in [1.82, 2.24) is 10.3 Å². The Morgan fingerprint density at radius 3 is 1.86 bits per heavy atom. The fourth-order valence-corrected chi connectivity index (χ4v) is 11.0. The van der Waals surface area contributed by atoms with E-state index in [4.69, 9.17) is 32.5 Å². The summed E-state index contributed by atoms with van der Waals surface area (Å²) in [7, 11) is -1.87. The maximum atomic E-state index is 14.4. The van der Waals surface area contributed by atoms with E-state index in [1.807, 2.05) is 42.5 Å². The highest BCUT2D eigenvalue weighted by molar-refractivity contribution is 8.76. The first-order valence-electron chi connectivity index (χ1n) is 17.9. The molecule has 3 N–H and O–H groups in total. The summed E-state index contributed by atoms with van der Waals surface area (Å²) in [5.74, 6) is 0.0259. The maximum absolute atomic E-state index is 14.4. The van der Waals surface area contributed by atoms with Gasteiger partial charge >= 0.3 is 13.9 Å². The van der Waals surface area contributed by atoms with E-state index in [9.17, 15) is 28.7 Å². The zero-order valence-electron chi connectivity index (χ0n) is 30.2. The van der Waals surface area contributed by atoms with Crippen LogP contribution in [-0.2, 0) is 4.57 Å². The molecule has 58 heavy (non-hydrogen) atoms. The number of phosphoric ester groups is 1. The van der Waals surface area contributed by atoms with Crippen LogP contribution in [0.3, 0.4) is 0 Å². The van der Waals surface area contributed by atoms with E-state index in [2.05, 4.69) is 10.3 Å². The molecule has 2 aromatic heterocycles. The number of aromatic nitrogens is 1. The number of pyridine rings is 1. The highest BCUT2D eigenvalue weighted by atomic mass is 35.5. The molecule has 4 aromatic carbocycles. The first-order chi connectivity index (χ1) is 28.0. The van der Waals surface area contributed by atoms with E-state index in [0.717, 1.165) is 32.9 Å². The van der Waals surface area contributed by atoms with Crippen LogP contribution in [0.25, 0.3) is 21.5 Å². The summed E-state index contributed by atoms with van der Waals surface area (Å²) in [5.41, 5.74) is 2.61. The molecular weight excluding hydrogens is 863 g/mol. The molecule has 0 saturated heterocycles. The lowest BCUT2D eigenvalue weighted by atomic mass is 9.95. The fraction of sp³-hybridized carbons (Fsp3) is 0.200. The van der Waals surface area contributed by atoms with Crippen molar-refractivity contribution < 1.29 is 38.0 Å². The summed E-state index contributed by atoms with van der Waals surface area (Å²) >= 11 is 14.0. The number of hydrogen-bond acceptors (Lipinski definition) is 10. The van der Waals surface area contributed by atoms with Crippen LogP contribution in [0.15, 0.2) is 102 Å². The van der Waals surface area contributed by atoms with Gasteiger partial charge in [-0.25, -0.2) is 14.3 Å². The van der Waals surface area contributed by atoms with Crippen LogP contribution in [-0.4, -0.2) is 69.8 Å². The molecule has 0 aliphatic carbocycles. The SMILES string of the molecule is O=C(NCCSSc1ccccn1)Oc1cc2c(c3ccccc13)[C@H](CCl)CN2C(=O)c1ccc(C(=O)N2C[C@@H](CCl)c3c2cc(OP(=O)(O)O)c2ccccc32)s1. The Kier molecular flexibility index (Phi) is 11.9. The first kappa shape index (κ1) is 40.5. The highest BCUT2D eigenvalue weighted by Crippen LogP contribution is 2.50. The molecule has 8 rings (SSSR count). The summed E-state index contributed by atoms with van der Waals surface area (Å²) in [4.78, 5) is 68.9. The van der Waals surface area contributed by atoms with Crippen molar-refractivity contribution >= 4 is 115 Å². The summed E-state index contributed by atoms with van der Waals surface area (Å²) in [5, 5.41) is 6.33. The molecule has 3 amide bonds. The van der Waals surface area contributed by atoms with Crippen LogP contribution in [0, 0.1) is 0 Å². The molecular formula is C40H33Cl2N4O8PS3. The molecule has 0 radical (unpaired) electrons. The summed E-state index contributed by atoms with van der Waals surface area (Å²) < 4.78 is 22.9. The molecule has 0 saturated carbocycles. The lowest BCUT2D eigenvalue weighted by Gasteiger charge is -2.19. The van der Waals surface area contributed by atoms with Crippen molar-refractivity contribution in [3.05, 3.63) is 118 Å². The van der Waals surface area contributed by atoms with E-state index in [1.165, 1.54) is 21.8 Å². The van der Waals surface area contributed by atoms with Crippen LogP contribution in [0.1, 0.15) is 42.3 Å². The van der Waals surface area contributed by atoms with Gasteiger partial charge in [0.2, 0.25) is 0 Å². The second-order valence-corrected chi connectivity index (χ2v) is 18.7. The first-order valence-corrected chi connectivity index (χ1v) is 23.7. The van der Waals surface area contributed by atoms with Crippen LogP contribution < -0.4 is 24.4 Å². The fourth-order valence-electron chi connectivity index (χ4n) is 7.41. The average Bonchev–Trinajstić information content (AvgIpc) is 3.96. The number of rotatable bonds is 12. The number of ether oxygens (including phenoxy) is 1. The van der Waals surface area contributed by atoms with Crippen molar-refractivity contribution in [1.29, 1.82) is 0 Å². The van der Waals surface area contributed by atoms with Crippen molar-refractivity contribution in [2.75, 3.05) is 46.9 Å². The summed E-state index contributed by atoms with van der Waals surface area (Å²) in [6.45, 7) is 0.848. The maximum Gasteiger partial charge on any atom is 0.524 e. The molecule has 2 aliphatic heterocycles. The van der Waals surface area contributed by atoms with Crippen LogP contribution in [0.2, 0.25) is 0 Å². The summed E-state index contributed by atoms with van der Waals surface area (Å²) in [6.07, 6.45) is 1.10. The number of phosphoric acid groups is 1. The van der Waals surface area contributed by atoms with Crippen molar-refractivity contribution in [2.24, 2.45) is 0 Å². The van der Waals surface area contributed by atoms with Crippen molar-refractivity contribution in [3.8, 4) is 11.5 Å². The van der Waals surface area contributed by atoms with Gasteiger partial charge in [0, 0.05) is 78.1 Å². The van der Waals surface area contributed by atoms with Gasteiger partial charge < -0.3 is 24.4 Å². The Morgan fingerprint density at radius 2 is 1.33 bits per heavy atom. The number of benzene rings is 4. The third-order valence-electron chi connectivity index (χ3n) is 9.80. The van der Waals surface area contributed by atoms with Gasteiger partial charge in [-0.3, -0.25) is 19.4 Å². The lowest BCUT2D eigenvalue weighted by molar-refractivity contribution is 0.0986. The van der Waals surface area contributed by atoms with Gasteiger partial charge in [0.1, 0.15) is 16.5 Å². The average molecular weight is 896 g/mol. The van der Waals surface area contributed by atoms with Gasteiger partial charge in [-0.15, -0.1) is 34.5 Å². The molecule has 6 aromatic rings. The Labute approximate surface area is 354 Å². The minimum atomic E-state index is -4.94. The van der Waals surface area contributed by atoms with Crippen LogP contribution in [0.4, 0.5) is 16.2 Å². The molecule has 0 fully saturated rings. The minimum Gasteiger partial charge on any atom is -0.410 e. The molecule has 0 bridgehead atoms. The predicted octanol–water partition coefficient (Wildman–Crippen LogP) is 9.42. The standard InChI is InChI=1S/C40H33Cl2N4O8PS3/c41-19-23-21-45(29-17-31(25-7-1-3-9-27(25)36(23)29)53-40(49)44-15-16-56-58-35-11-5-6-14-43-35)38(47)33-12-13-34(57-33)39(48)46-22-24(20-42)37-28-10-4-2-8-26(28)32(18-30(37)46)54-55(50,51)52/h1-14,17-18,23-24H,15-16,19-22H2,(H,44,49)(H2,50,51,52)/t23-,24-/m1/s1. The number of anilines is 2. The Balaban J connectivity index is 1.04. The van der Waals surface area contributed by atoms with Crippen molar-refractivity contribution in [2.45, 2.75) is 16.9 Å². The van der Waals surface area contributed by atoms with E-state index >= 15 is 0 Å². The van der Waals surface area contributed by atoms with E-state index < -0.39 is 19.8 Å². The predicted molar refractivity (Wildman–Crippen MR) is 232 cm³/mol. The monoisotopic (exact) mass is 894 g/mol. The second-order valence-electron chi connectivity index (χ2n) is 13.4. The zero-order valence-corrected chi connectivity index (χ0v) is 35.1. The highest BCUT2D eigenvalue weighted by Gasteiger charge is 2.38. The normalized spacial score (nSPS) is 16.1. The van der Waals surface area contributed by atoms with E-state index in [-0.39, 0.29) is 59.0 Å². The van der Waals surface area contributed by atoms with Gasteiger partial charge in [-0.05, 0) is 57.0 Å². The molecule has 2 aliphatic rings. The number of carbonyl (C=O) groups is 3.